The normalized spacial score (nSPS) is 18.3. The molecule has 2 aliphatic rings. The number of aromatic nitrogens is 1. The molecular formula is C28H21ClN2O6S. The summed E-state index contributed by atoms with van der Waals surface area (Å²) in [4.78, 5) is 32.9. The molecule has 192 valence electrons. The number of hydrogen-bond acceptors (Lipinski definition) is 8. The lowest BCUT2D eigenvalue weighted by Crippen LogP contribution is -2.29. The van der Waals surface area contributed by atoms with E-state index in [4.69, 9.17) is 25.8 Å². The van der Waals surface area contributed by atoms with Crippen molar-refractivity contribution in [3.8, 4) is 17.2 Å². The van der Waals surface area contributed by atoms with E-state index in [1.807, 2.05) is 6.92 Å². The zero-order valence-corrected chi connectivity index (χ0v) is 21.7. The van der Waals surface area contributed by atoms with Gasteiger partial charge in [0.15, 0.2) is 16.6 Å². The predicted octanol–water partition coefficient (Wildman–Crippen LogP) is 5.75. The Bertz CT molecular complexity index is 1610. The molecule has 0 saturated carbocycles. The van der Waals surface area contributed by atoms with Crippen molar-refractivity contribution in [2.45, 2.75) is 13.0 Å². The maximum absolute atomic E-state index is 13.5. The molecule has 1 unspecified atom stereocenters. The highest BCUT2D eigenvalue weighted by atomic mass is 35.5. The van der Waals surface area contributed by atoms with Gasteiger partial charge in [-0.15, -0.1) is 0 Å². The highest BCUT2D eigenvalue weighted by Crippen LogP contribution is 2.45. The average Bonchev–Trinajstić information content (AvgIpc) is 3.46. The van der Waals surface area contributed by atoms with Crippen LogP contribution in [0.25, 0.3) is 16.0 Å². The number of carbonyl (C=O) groups excluding carboxylic acids is 2. The standard InChI is InChI=1S/C28H21ClN2O6S/c1-2-35-18-7-3-15(4-8-18)24-23(25(32)16-5-10-20-21(13-16)37-12-11-36-20)26(33)27(34)31(24)28-30-19-9-6-17(29)14-22(19)38-28/h3-10,13-14,24,32H,2,11-12H2,1H3/b25-23+. The second kappa shape index (κ2) is 9.66. The predicted molar refractivity (Wildman–Crippen MR) is 144 cm³/mol. The summed E-state index contributed by atoms with van der Waals surface area (Å²) in [5.41, 5.74) is 1.55. The summed E-state index contributed by atoms with van der Waals surface area (Å²) in [6.07, 6.45) is 0. The minimum atomic E-state index is -0.921. The summed E-state index contributed by atoms with van der Waals surface area (Å²) in [6.45, 7) is 3.18. The second-order valence-corrected chi connectivity index (χ2v) is 10.1. The van der Waals surface area contributed by atoms with Crippen molar-refractivity contribution >= 4 is 55.7 Å². The first-order chi connectivity index (χ1) is 18.4. The molecule has 10 heteroatoms. The van der Waals surface area contributed by atoms with Crippen molar-refractivity contribution < 1.29 is 28.9 Å². The highest BCUT2D eigenvalue weighted by Gasteiger charge is 2.48. The molecule has 4 aromatic rings. The summed E-state index contributed by atoms with van der Waals surface area (Å²) >= 11 is 7.40. The van der Waals surface area contributed by atoms with E-state index >= 15 is 0 Å². The fourth-order valence-electron chi connectivity index (χ4n) is 4.59. The van der Waals surface area contributed by atoms with Gasteiger partial charge in [0.25, 0.3) is 5.78 Å². The molecule has 1 amide bonds. The monoisotopic (exact) mass is 548 g/mol. The first-order valence-electron chi connectivity index (χ1n) is 11.9. The topological polar surface area (TPSA) is 98.2 Å². The largest absolute Gasteiger partial charge is 0.507 e. The number of ether oxygens (including phenoxy) is 3. The summed E-state index contributed by atoms with van der Waals surface area (Å²) in [6, 6.07) is 16.3. The molecule has 3 heterocycles. The molecule has 1 fully saturated rings. The van der Waals surface area contributed by atoms with Crippen LogP contribution >= 0.6 is 22.9 Å². The number of thiazole rings is 1. The van der Waals surface area contributed by atoms with Crippen LogP contribution in [0.4, 0.5) is 5.13 Å². The molecule has 6 rings (SSSR count). The van der Waals surface area contributed by atoms with Crippen LogP contribution in [0.1, 0.15) is 24.1 Å². The van der Waals surface area contributed by atoms with Crippen molar-refractivity contribution in [3.63, 3.8) is 0 Å². The molecule has 1 saturated heterocycles. The Labute approximate surface area is 226 Å². The third-order valence-electron chi connectivity index (χ3n) is 6.31. The fraction of sp³-hybridized carbons (Fsp3) is 0.179. The van der Waals surface area contributed by atoms with Crippen LogP contribution in [-0.2, 0) is 9.59 Å². The summed E-state index contributed by atoms with van der Waals surface area (Å²) in [5.74, 6) is -0.262. The Hall–Kier alpha value is -4.08. The van der Waals surface area contributed by atoms with E-state index in [0.29, 0.717) is 63.9 Å². The number of Topliss-reactive ketones (excluding diaryl/α,β-unsaturated/α-hetero) is 1. The zero-order chi connectivity index (χ0) is 26.4. The Morgan fingerprint density at radius 1 is 1.08 bits per heavy atom. The van der Waals surface area contributed by atoms with Crippen molar-refractivity contribution in [1.82, 2.24) is 4.98 Å². The second-order valence-electron chi connectivity index (χ2n) is 8.64. The van der Waals surface area contributed by atoms with Gasteiger partial charge >= 0.3 is 5.91 Å². The van der Waals surface area contributed by atoms with E-state index in [-0.39, 0.29) is 11.3 Å². The lowest BCUT2D eigenvalue weighted by Gasteiger charge is -2.23. The van der Waals surface area contributed by atoms with Gasteiger partial charge in [-0.3, -0.25) is 14.5 Å². The summed E-state index contributed by atoms with van der Waals surface area (Å²) in [5, 5.41) is 12.3. The molecule has 3 aromatic carbocycles. The fourth-order valence-corrected chi connectivity index (χ4v) is 5.86. The molecule has 1 aromatic heterocycles. The first-order valence-corrected chi connectivity index (χ1v) is 13.1. The third kappa shape index (κ3) is 4.13. The molecular weight excluding hydrogens is 528 g/mol. The molecule has 8 nitrogen and oxygen atoms in total. The van der Waals surface area contributed by atoms with E-state index in [2.05, 4.69) is 4.98 Å². The van der Waals surface area contributed by atoms with Gasteiger partial charge in [0.2, 0.25) is 0 Å². The summed E-state index contributed by atoms with van der Waals surface area (Å²) in [7, 11) is 0. The van der Waals surface area contributed by atoms with Gasteiger partial charge in [-0.1, -0.05) is 35.1 Å². The third-order valence-corrected chi connectivity index (χ3v) is 7.56. The molecule has 38 heavy (non-hydrogen) atoms. The molecule has 1 atom stereocenters. The van der Waals surface area contributed by atoms with Gasteiger partial charge in [0.05, 0.1) is 28.4 Å². The van der Waals surface area contributed by atoms with E-state index in [1.165, 1.54) is 16.2 Å². The van der Waals surface area contributed by atoms with Gasteiger partial charge in [-0.05, 0) is 61.0 Å². The van der Waals surface area contributed by atoms with Crippen LogP contribution in [0.3, 0.4) is 0 Å². The van der Waals surface area contributed by atoms with Crippen molar-refractivity contribution in [2.24, 2.45) is 0 Å². The number of benzene rings is 3. The maximum atomic E-state index is 13.5. The number of aliphatic hydroxyl groups is 1. The molecule has 0 radical (unpaired) electrons. The van der Waals surface area contributed by atoms with Crippen molar-refractivity contribution in [2.75, 3.05) is 24.7 Å². The Kier molecular flexibility index (Phi) is 6.17. The number of anilines is 1. The van der Waals surface area contributed by atoms with E-state index in [9.17, 15) is 14.7 Å². The molecule has 0 aliphatic carbocycles. The SMILES string of the molecule is CCOc1ccc(C2/C(=C(\O)c3ccc4c(c3)OCCO4)C(=O)C(=O)N2c2nc3ccc(Cl)cc3s2)cc1. The van der Waals surface area contributed by atoms with Gasteiger partial charge < -0.3 is 19.3 Å². The number of ketones is 1. The number of nitrogens with zero attached hydrogens (tertiary/aromatic N) is 2. The minimum absolute atomic E-state index is 0.0480. The van der Waals surface area contributed by atoms with Gasteiger partial charge in [0.1, 0.15) is 24.7 Å². The number of amides is 1. The lowest BCUT2D eigenvalue weighted by atomic mass is 9.95. The maximum Gasteiger partial charge on any atom is 0.301 e. The van der Waals surface area contributed by atoms with Crippen molar-refractivity contribution in [3.05, 3.63) is 82.4 Å². The summed E-state index contributed by atoms with van der Waals surface area (Å²) < 4.78 is 17.6. The molecule has 2 aliphatic heterocycles. The van der Waals surface area contributed by atoms with Gasteiger partial charge in [-0.25, -0.2) is 4.98 Å². The first kappa shape index (κ1) is 24.3. The number of carbonyl (C=O) groups is 2. The van der Waals surface area contributed by atoms with Crippen LogP contribution in [-0.4, -0.2) is 41.6 Å². The Morgan fingerprint density at radius 3 is 2.61 bits per heavy atom. The quantitative estimate of drug-likeness (QED) is 0.193. The van der Waals surface area contributed by atoms with E-state index in [0.717, 1.165) is 4.70 Å². The van der Waals surface area contributed by atoms with Gasteiger partial charge in [-0.2, -0.15) is 0 Å². The number of aliphatic hydroxyl groups excluding tert-OH is 1. The minimum Gasteiger partial charge on any atom is -0.507 e. The van der Waals surface area contributed by atoms with Crippen LogP contribution in [0.5, 0.6) is 17.2 Å². The number of hydrogen-bond donors (Lipinski definition) is 1. The van der Waals surface area contributed by atoms with Gasteiger partial charge in [0, 0.05) is 10.6 Å². The van der Waals surface area contributed by atoms with Crippen molar-refractivity contribution in [1.29, 1.82) is 0 Å². The van der Waals surface area contributed by atoms with Crippen LogP contribution in [0.2, 0.25) is 5.02 Å². The number of halogens is 1. The average molecular weight is 549 g/mol. The van der Waals surface area contributed by atoms with E-state index < -0.39 is 17.7 Å². The van der Waals surface area contributed by atoms with Crippen LogP contribution in [0.15, 0.2) is 66.2 Å². The lowest BCUT2D eigenvalue weighted by molar-refractivity contribution is -0.132. The highest BCUT2D eigenvalue weighted by molar-refractivity contribution is 7.22. The molecule has 1 N–H and O–H groups in total. The molecule has 0 spiro atoms. The van der Waals surface area contributed by atoms with Crippen LogP contribution in [0, 0.1) is 0 Å². The smallest absolute Gasteiger partial charge is 0.301 e. The Morgan fingerprint density at radius 2 is 1.84 bits per heavy atom. The molecule has 0 bridgehead atoms. The van der Waals surface area contributed by atoms with E-state index in [1.54, 1.807) is 60.7 Å². The zero-order valence-electron chi connectivity index (χ0n) is 20.1. The number of rotatable bonds is 5. The van der Waals surface area contributed by atoms with Crippen LogP contribution < -0.4 is 19.1 Å². The number of fused-ring (bicyclic) bond motifs is 2. The Balaban J connectivity index is 1.52.